The number of aryl methyl sites for hydroxylation is 1. The molecule has 0 atom stereocenters. The van der Waals surface area contributed by atoms with Crippen LogP contribution >= 0.6 is 11.8 Å². The molecule has 0 saturated heterocycles. The number of hydrogen-bond donors (Lipinski definition) is 1. The van der Waals surface area contributed by atoms with Gasteiger partial charge in [-0.25, -0.2) is 0 Å². The number of rotatable bonds is 3. The van der Waals surface area contributed by atoms with E-state index < -0.39 is 0 Å². The standard InChI is InChI=1S/C10H12O2S/c1-8(11)13-7-6-9-2-4-10(12)5-3-9/h2-5,12H,6-7H2,1H3. The quantitative estimate of drug-likeness (QED) is 0.805. The zero-order chi connectivity index (χ0) is 9.68. The minimum absolute atomic E-state index is 0.152. The Hall–Kier alpha value is -0.960. The molecule has 1 rings (SSSR count). The molecule has 0 radical (unpaired) electrons. The van der Waals surface area contributed by atoms with Crippen molar-refractivity contribution in [1.29, 1.82) is 0 Å². The molecule has 0 fully saturated rings. The number of thioether (sulfide) groups is 1. The third kappa shape index (κ3) is 3.99. The van der Waals surface area contributed by atoms with Gasteiger partial charge in [0, 0.05) is 12.7 Å². The number of aromatic hydroxyl groups is 1. The minimum Gasteiger partial charge on any atom is -0.508 e. The summed E-state index contributed by atoms with van der Waals surface area (Å²) in [6, 6.07) is 7.06. The first kappa shape index (κ1) is 10.1. The Morgan fingerprint density at radius 2 is 2.00 bits per heavy atom. The fraction of sp³-hybridized carbons (Fsp3) is 0.300. The van der Waals surface area contributed by atoms with Crippen LogP contribution in [0.4, 0.5) is 0 Å². The second-order valence-electron chi connectivity index (χ2n) is 2.76. The Morgan fingerprint density at radius 3 is 2.54 bits per heavy atom. The molecular formula is C10H12O2S. The molecule has 70 valence electrons. The van der Waals surface area contributed by atoms with Crippen LogP contribution in [0.15, 0.2) is 24.3 Å². The second kappa shape index (κ2) is 4.92. The van der Waals surface area contributed by atoms with E-state index in [1.54, 1.807) is 19.1 Å². The van der Waals surface area contributed by atoms with Crippen molar-refractivity contribution in [3.8, 4) is 5.75 Å². The first-order chi connectivity index (χ1) is 6.18. The molecule has 1 aromatic rings. The van der Waals surface area contributed by atoms with Crippen molar-refractivity contribution in [3.05, 3.63) is 29.8 Å². The monoisotopic (exact) mass is 196 g/mol. The Balaban J connectivity index is 2.37. The fourth-order valence-corrected chi connectivity index (χ4v) is 1.60. The van der Waals surface area contributed by atoms with E-state index in [1.165, 1.54) is 11.8 Å². The fourth-order valence-electron chi connectivity index (χ4n) is 0.975. The molecule has 0 aromatic heterocycles. The highest BCUT2D eigenvalue weighted by Gasteiger charge is 1.96. The number of phenols is 1. The van der Waals surface area contributed by atoms with Crippen LogP contribution in [0.5, 0.6) is 5.75 Å². The van der Waals surface area contributed by atoms with Crippen LogP contribution in [0, 0.1) is 0 Å². The molecule has 0 unspecified atom stereocenters. The maximum atomic E-state index is 10.6. The van der Waals surface area contributed by atoms with Gasteiger partial charge in [0.15, 0.2) is 5.12 Å². The highest BCUT2D eigenvalue weighted by atomic mass is 32.2. The molecule has 0 aliphatic heterocycles. The summed E-state index contributed by atoms with van der Waals surface area (Å²) < 4.78 is 0. The van der Waals surface area contributed by atoms with Gasteiger partial charge in [-0.1, -0.05) is 23.9 Å². The van der Waals surface area contributed by atoms with Gasteiger partial charge in [0.05, 0.1) is 0 Å². The molecule has 0 saturated carbocycles. The lowest BCUT2D eigenvalue weighted by Crippen LogP contribution is -1.91. The number of benzene rings is 1. The average Bonchev–Trinajstić information content (AvgIpc) is 2.08. The molecule has 1 N–H and O–H groups in total. The van der Waals surface area contributed by atoms with Crippen LogP contribution in [-0.4, -0.2) is 16.0 Å². The third-order valence-electron chi connectivity index (χ3n) is 1.63. The largest absolute Gasteiger partial charge is 0.508 e. The van der Waals surface area contributed by atoms with Gasteiger partial charge in [-0.2, -0.15) is 0 Å². The molecule has 0 bridgehead atoms. The molecule has 0 aliphatic rings. The summed E-state index contributed by atoms with van der Waals surface area (Å²) in [4.78, 5) is 10.6. The van der Waals surface area contributed by atoms with Gasteiger partial charge in [0.1, 0.15) is 5.75 Å². The summed E-state index contributed by atoms with van der Waals surface area (Å²) in [6.07, 6.45) is 0.866. The molecule has 3 heteroatoms. The first-order valence-corrected chi connectivity index (χ1v) is 5.08. The van der Waals surface area contributed by atoms with Crippen molar-refractivity contribution in [2.75, 3.05) is 5.75 Å². The van der Waals surface area contributed by atoms with E-state index in [4.69, 9.17) is 5.11 Å². The van der Waals surface area contributed by atoms with Crippen LogP contribution in [-0.2, 0) is 11.2 Å². The summed E-state index contributed by atoms with van der Waals surface area (Å²) >= 11 is 1.33. The number of carbonyl (C=O) groups is 1. The van der Waals surface area contributed by atoms with E-state index in [-0.39, 0.29) is 10.9 Å². The van der Waals surface area contributed by atoms with Crippen molar-refractivity contribution in [3.63, 3.8) is 0 Å². The lowest BCUT2D eigenvalue weighted by atomic mass is 10.2. The first-order valence-electron chi connectivity index (χ1n) is 4.10. The van der Waals surface area contributed by atoms with Crippen LogP contribution < -0.4 is 0 Å². The summed E-state index contributed by atoms with van der Waals surface area (Å²) in [7, 11) is 0. The van der Waals surface area contributed by atoms with E-state index in [0.717, 1.165) is 17.7 Å². The van der Waals surface area contributed by atoms with Crippen molar-refractivity contribution >= 4 is 16.9 Å². The van der Waals surface area contributed by atoms with Gasteiger partial charge in [-0.15, -0.1) is 0 Å². The van der Waals surface area contributed by atoms with Crippen molar-refractivity contribution < 1.29 is 9.90 Å². The van der Waals surface area contributed by atoms with Gasteiger partial charge in [-0.05, 0) is 24.1 Å². The molecule has 1 aromatic carbocycles. The molecule has 13 heavy (non-hydrogen) atoms. The van der Waals surface area contributed by atoms with Crippen LogP contribution in [0.1, 0.15) is 12.5 Å². The SMILES string of the molecule is CC(=O)SCCc1ccc(O)cc1. The van der Waals surface area contributed by atoms with Gasteiger partial charge in [0.2, 0.25) is 0 Å². The Labute approximate surface area is 82.0 Å². The van der Waals surface area contributed by atoms with E-state index in [1.807, 2.05) is 12.1 Å². The summed E-state index contributed by atoms with van der Waals surface area (Å²) in [5.74, 6) is 1.09. The zero-order valence-electron chi connectivity index (χ0n) is 7.49. The average molecular weight is 196 g/mol. The Kier molecular flexibility index (Phi) is 3.83. The molecule has 2 nitrogen and oxygen atoms in total. The van der Waals surface area contributed by atoms with E-state index >= 15 is 0 Å². The number of hydrogen-bond acceptors (Lipinski definition) is 3. The van der Waals surface area contributed by atoms with Gasteiger partial charge in [0.25, 0.3) is 0 Å². The second-order valence-corrected chi connectivity index (χ2v) is 4.03. The zero-order valence-corrected chi connectivity index (χ0v) is 8.30. The van der Waals surface area contributed by atoms with Gasteiger partial charge >= 0.3 is 0 Å². The molecule has 0 amide bonds. The molecule has 0 spiro atoms. The predicted molar refractivity (Wildman–Crippen MR) is 54.9 cm³/mol. The van der Waals surface area contributed by atoms with Gasteiger partial charge in [-0.3, -0.25) is 4.79 Å². The van der Waals surface area contributed by atoms with Crippen LogP contribution in [0.3, 0.4) is 0 Å². The highest BCUT2D eigenvalue weighted by Crippen LogP contribution is 2.12. The van der Waals surface area contributed by atoms with Crippen molar-refractivity contribution in [1.82, 2.24) is 0 Å². The van der Waals surface area contributed by atoms with Crippen LogP contribution in [0.25, 0.3) is 0 Å². The minimum atomic E-state index is 0.152. The van der Waals surface area contributed by atoms with Crippen molar-refractivity contribution in [2.24, 2.45) is 0 Å². The van der Waals surface area contributed by atoms with E-state index in [9.17, 15) is 4.79 Å². The van der Waals surface area contributed by atoms with Crippen LogP contribution in [0.2, 0.25) is 0 Å². The summed E-state index contributed by atoms with van der Waals surface area (Å²) in [5, 5.41) is 9.16. The maximum absolute atomic E-state index is 10.6. The maximum Gasteiger partial charge on any atom is 0.185 e. The van der Waals surface area contributed by atoms with Crippen molar-refractivity contribution in [2.45, 2.75) is 13.3 Å². The highest BCUT2D eigenvalue weighted by molar-refractivity contribution is 8.13. The normalized spacial score (nSPS) is 9.92. The van der Waals surface area contributed by atoms with Gasteiger partial charge < -0.3 is 5.11 Å². The van der Waals surface area contributed by atoms with E-state index in [2.05, 4.69) is 0 Å². The number of carbonyl (C=O) groups excluding carboxylic acids is 1. The lowest BCUT2D eigenvalue weighted by Gasteiger charge is -1.99. The topological polar surface area (TPSA) is 37.3 Å². The van der Waals surface area contributed by atoms with E-state index in [0.29, 0.717) is 0 Å². The summed E-state index contributed by atoms with van der Waals surface area (Å²) in [6.45, 7) is 1.57. The molecular weight excluding hydrogens is 184 g/mol. The Bertz CT molecular complexity index is 279. The molecule has 0 aliphatic carbocycles. The predicted octanol–water partition coefficient (Wildman–Crippen LogP) is 2.21. The molecule has 0 heterocycles. The lowest BCUT2D eigenvalue weighted by molar-refractivity contribution is -0.109. The summed E-state index contributed by atoms with van der Waals surface area (Å²) in [5.41, 5.74) is 1.14. The smallest absolute Gasteiger partial charge is 0.185 e. The Morgan fingerprint density at radius 1 is 1.38 bits per heavy atom. The third-order valence-corrected chi connectivity index (χ3v) is 2.45. The number of phenolic OH excluding ortho intramolecular Hbond substituents is 1.